The second-order valence-corrected chi connectivity index (χ2v) is 4.29. The lowest BCUT2D eigenvalue weighted by atomic mass is 10.2. The van der Waals surface area contributed by atoms with Gasteiger partial charge in [-0.2, -0.15) is 4.98 Å². The quantitative estimate of drug-likeness (QED) is 0.612. The van der Waals surface area contributed by atoms with Crippen LogP contribution < -0.4 is 9.47 Å². The largest absolute Gasteiger partial charge is 0.497 e. The Labute approximate surface area is 110 Å². The second-order valence-electron chi connectivity index (χ2n) is 3.52. The molecule has 0 saturated heterocycles. The van der Waals surface area contributed by atoms with Gasteiger partial charge in [0, 0.05) is 12.3 Å². The lowest BCUT2D eigenvalue weighted by molar-refractivity contribution is 0.290. The first-order valence-electron chi connectivity index (χ1n) is 5.44. The Morgan fingerprint density at radius 1 is 1.17 bits per heavy atom. The van der Waals surface area contributed by atoms with Crippen molar-refractivity contribution in [3.05, 3.63) is 42.1 Å². The van der Waals surface area contributed by atoms with Crippen LogP contribution in [0.1, 0.15) is 5.56 Å². The summed E-state index contributed by atoms with van der Waals surface area (Å²) in [5.74, 6) is 1.43. The lowest BCUT2D eigenvalue weighted by Gasteiger charge is -2.06. The fraction of sp³-hybridized carbons (Fsp3) is 0.231. The van der Waals surface area contributed by atoms with E-state index in [4.69, 9.17) is 9.47 Å². The molecule has 2 aromatic rings. The van der Waals surface area contributed by atoms with Crippen LogP contribution in [0.15, 0.2) is 41.7 Å². The number of nitrogens with zero attached hydrogens (tertiary/aromatic N) is 2. The van der Waals surface area contributed by atoms with E-state index < -0.39 is 0 Å². The van der Waals surface area contributed by atoms with Crippen molar-refractivity contribution in [1.29, 1.82) is 0 Å². The predicted octanol–water partition coefficient (Wildman–Crippen LogP) is 2.79. The number of aromatic nitrogens is 2. The highest BCUT2D eigenvalue weighted by Gasteiger charge is 2.00. The van der Waals surface area contributed by atoms with E-state index in [2.05, 4.69) is 9.97 Å². The van der Waals surface area contributed by atoms with Gasteiger partial charge in [-0.25, -0.2) is 4.98 Å². The highest BCUT2D eigenvalue weighted by atomic mass is 32.2. The van der Waals surface area contributed by atoms with Crippen molar-refractivity contribution in [2.45, 2.75) is 11.8 Å². The van der Waals surface area contributed by atoms with Crippen LogP contribution in [0.25, 0.3) is 0 Å². The third-order valence-corrected chi connectivity index (χ3v) is 2.90. The van der Waals surface area contributed by atoms with Crippen LogP contribution in [0.4, 0.5) is 0 Å². The molecule has 0 bridgehead atoms. The Hall–Kier alpha value is -1.75. The predicted molar refractivity (Wildman–Crippen MR) is 71.1 cm³/mol. The van der Waals surface area contributed by atoms with Gasteiger partial charge in [0.15, 0.2) is 5.16 Å². The minimum atomic E-state index is 0.481. The van der Waals surface area contributed by atoms with Gasteiger partial charge in [-0.15, -0.1) is 0 Å². The second kappa shape index (κ2) is 6.26. The highest BCUT2D eigenvalue weighted by molar-refractivity contribution is 7.98. The minimum Gasteiger partial charge on any atom is -0.497 e. The number of ether oxygens (including phenoxy) is 2. The maximum absolute atomic E-state index is 5.60. The molecule has 0 fully saturated rings. The Morgan fingerprint density at radius 3 is 2.61 bits per heavy atom. The number of benzene rings is 1. The first-order valence-corrected chi connectivity index (χ1v) is 6.67. The molecule has 0 N–H and O–H groups in total. The van der Waals surface area contributed by atoms with E-state index in [1.807, 2.05) is 30.5 Å². The number of methoxy groups -OCH3 is 1. The van der Waals surface area contributed by atoms with Gasteiger partial charge >= 0.3 is 0 Å². The van der Waals surface area contributed by atoms with E-state index in [1.165, 1.54) is 11.8 Å². The van der Waals surface area contributed by atoms with Crippen molar-refractivity contribution >= 4 is 11.8 Å². The minimum absolute atomic E-state index is 0.481. The van der Waals surface area contributed by atoms with Crippen molar-refractivity contribution in [1.82, 2.24) is 9.97 Å². The summed E-state index contributed by atoms with van der Waals surface area (Å²) in [6.45, 7) is 0.481. The van der Waals surface area contributed by atoms with Gasteiger partial charge in [-0.05, 0) is 24.0 Å². The van der Waals surface area contributed by atoms with Gasteiger partial charge in [0.1, 0.15) is 12.4 Å². The van der Waals surface area contributed by atoms with Crippen LogP contribution in [0.2, 0.25) is 0 Å². The highest BCUT2D eigenvalue weighted by Crippen LogP contribution is 2.15. The molecule has 5 heteroatoms. The zero-order chi connectivity index (χ0) is 12.8. The molecule has 0 radical (unpaired) electrons. The number of hydrogen-bond acceptors (Lipinski definition) is 5. The summed E-state index contributed by atoms with van der Waals surface area (Å²) in [7, 11) is 1.65. The van der Waals surface area contributed by atoms with Crippen molar-refractivity contribution in [2.75, 3.05) is 13.4 Å². The summed E-state index contributed by atoms with van der Waals surface area (Å²) in [4.78, 5) is 8.34. The molecule has 1 aromatic heterocycles. The van der Waals surface area contributed by atoms with Gasteiger partial charge in [-0.3, -0.25) is 0 Å². The normalized spacial score (nSPS) is 10.1. The third kappa shape index (κ3) is 3.37. The molecule has 0 aliphatic heterocycles. The molecule has 0 aliphatic carbocycles. The summed E-state index contributed by atoms with van der Waals surface area (Å²) in [5.41, 5.74) is 1.07. The van der Waals surface area contributed by atoms with Crippen LogP contribution in [0, 0.1) is 0 Å². The van der Waals surface area contributed by atoms with Crippen molar-refractivity contribution in [3.8, 4) is 11.6 Å². The van der Waals surface area contributed by atoms with Gasteiger partial charge in [0.05, 0.1) is 7.11 Å². The fourth-order valence-corrected chi connectivity index (χ4v) is 1.73. The van der Waals surface area contributed by atoms with Gasteiger partial charge < -0.3 is 9.47 Å². The van der Waals surface area contributed by atoms with Crippen molar-refractivity contribution in [3.63, 3.8) is 0 Å². The summed E-state index contributed by atoms with van der Waals surface area (Å²) < 4.78 is 10.7. The van der Waals surface area contributed by atoms with Crippen LogP contribution >= 0.6 is 11.8 Å². The Morgan fingerprint density at radius 2 is 1.94 bits per heavy atom. The van der Waals surface area contributed by atoms with Crippen LogP contribution in [0.3, 0.4) is 0 Å². The maximum atomic E-state index is 5.60. The first kappa shape index (κ1) is 12.7. The molecule has 2 rings (SSSR count). The molecule has 0 spiro atoms. The Balaban J connectivity index is 1.97. The number of rotatable bonds is 5. The molecule has 0 amide bonds. The zero-order valence-corrected chi connectivity index (χ0v) is 11.1. The molecular formula is C13H14N2O2S. The third-order valence-electron chi connectivity index (χ3n) is 2.34. The average molecular weight is 262 g/mol. The van der Waals surface area contributed by atoms with E-state index in [0.717, 1.165) is 11.3 Å². The molecule has 0 aliphatic rings. The van der Waals surface area contributed by atoms with E-state index in [9.17, 15) is 0 Å². The number of thioether (sulfide) groups is 1. The molecule has 1 aromatic carbocycles. The van der Waals surface area contributed by atoms with Crippen molar-refractivity contribution in [2.24, 2.45) is 0 Å². The van der Waals surface area contributed by atoms with E-state index >= 15 is 0 Å². The average Bonchev–Trinajstić information content (AvgIpc) is 2.46. The van der Waals surface area contributed by atoms with Gasteiger partial charge in [-0.1, -0.05) is 23.9 Å². The maximum Gasteiger partial charge on any atom is 0.217 e. The summed E-state index contributed by atoms with van der Waals surface area (Å²) in [6, 6.07) is 9.51. The van der Waals surface area contributed by atoms with E-state index in [1.54, 1.807) is 19.4 Å². The molecule has 94 valence electrons. The Kier molecular flexibility index (Phi) is 4.41. The smallest absolute Gasteiger partial charge is 0.217 e. The molecule has 0 unspecified atom stereocenters. The van der Waals surface area contributed by atoms with Crippen LogP contribution in [0.5, 0.6) is 11.6 Å². The lowest BCUT2D eigenvalue weighted by Crippen LogP contribution is -1.98. The van der Waals surface area contributed by atoms with Crippen LogP contribution in [-0.4, -0.2) is 23.3 Å². The monoisotopic (exact) mass is 262 g/mol. The molecule has 0 atom stereocenters. The number of hydrogen-bond donors (Lipinski definition) is 0. The van der Waals surface area contributed by atoms with Gasteiger partial charge in [0.2, 0.25) is 5.88 Å². The van der Waals surface area contributed by atoms with E-state index in [-0.39, 0.29) is 0 Å². The molecule has 0 saturated carbocycles. The van der Waals surface area contributed by atoms with Crippen LogP contribution in [-0.2, 0) is 6.61 Å². The van der Waals surface area contributed by atoms with Crippen molar-refractivity contribution < 1.29 is 9.47 Å². The summed E-state index contributed by atoms with van der Waals surface area (Å²) >= 11 is 1.49. The molecule has 18 heavy (non-hydrogen) atoms. The fourth-order valence-electron chi connectivity index (χ4n) is 1.38. The standard InChI is InChI=1S/C13H14N2O2S/c1-16-11-5-3-10(4-6-11)9-17-12-7-8-14-13(15-12)18-2/h3-8H,9H2,1-2H3. The zero-order valence-electron chi connectivity index (χ0n) is 10.3. The van der Waals surface area contributed by atoms with E-state index in [0.29, 0.717) is 17.6 Å². The SMILES string of the molecule is COc1ccc(COc2ccnc(SC)n2)cc1. The summed E-state index contributed by atoms with van der Waals surface area (Å²) in [5, 5.41) is 0.710. The topological polar surface area (TPSA) is 44.2 Å². The first-order chi connectivity index (χ1) is 8.81. The Bertz CT molecular complexity index is 503. The molecule has 1 heterocycles. The summed E-state index contributed by atoms with van der Waals surface area (Å²) in [6.07, 6.45) is 3.63. The molecule has 4 nitrogen and oxygen atoms in total. The molecular weight excluding hydrogens is 248 g/mol. The van der Waals surface area contributed by atoms with Gasteiger partial charge in [0.25, 0.3) is 0 Å².